The van der Waals surface area contributed by atoms with E-state index in [1.54, 1.807) is 0 Å². The molecule has 0 aliphatic rings. The van der Waals surface area contributed by atoms with Gasteiger partial charge in [-0.1, -0.05) is 164 Å². The van der Waals surface area contributed by atoms with E-state index in [0.29, 0.717) is 0 Å². The lowest BCUT2D eigenvalue weighted by molar-refractivity contribution is 0.665. The Morgan fingerprint density at radius 2 is 0.793 bits per heavy atom. The maximum atomic E-state index is 6.75. The van der Waals surface area contributed by atoms with Gasteiger partial charge in [0.2, 0.25) is 0 Å². The van der Waals surface area contributed by atoms with Gasteiger partial charge in [-0.05, 0) is 112 Å². The first-order valence-electron chi connectivity index (χ1n) is 19.9. The van der Waals surface area contributed by atoms with Gasteiger partial charge in [0.15, 0.2) is 0 Å². The van der Waals surface area contributed by atoms with E-state index in [4.69, 9.17) is 8.83 Å². The summed E-state index contributed by atoms with van der Waals surface area (Å²) in [6, 6.07) is 70.4. The zero-order valence-corrected chi connectivity index (χ0v) is 31.3. The molecular formula is C56H32O2. The van der Waals surface area contributed by atoms with Gasteiger partial charge >= 0.3 is 0 Å². The summed E-state index contributed by atoms with van der Waals surface area (Å²) in [5.74, 6) is 0. The first kappa shape index (κ1) is 31.5. The van der Waals surface area contributed by atoms with Crippen molar-refractivity contribution in [2.24, 2.45) is 0 Å². The summed E-state index contributed by atoms with van der Waals surface area (Å²) in [6.07, 6.45) is 0. The molecule has 2 aromatic heterocycles. The number of furan rings is 2. The molecule has 0 radical (unpaired) electrons. The summed E-state index contributed by atoms with van der Waals surface area (Å²) < 4.78 is 13.5. The molecule has 0 aliphatic heterocycles. The molecule has 268 valence electrons. The van der Waals surface area contributed by atoms with Crippen LogP contribution in [0.3, 0.4) is 0 Å². The highest BCUT2D eigenvalue weighted by atomic mass is 16.3. The lowest BCUT2D eigenvalue weighted by Crippen LogP contribution is -1.91. The van der Waals surface area contributed by atoms with Gasteiger partial charge in [0.25, 0.3) is 0 Å². The minimum absolute atomic E-state index is 0.828. The van der Waals surface area contributed by atoms with Crippen LogP contribution in [0.1, 0.15) is 0 Å². The van der Waals surface area contributed by atoms with Crippen molar-refractivity contribution in [3.63, 3.8) is 0 Å². The molecule has 0 aliphatic carbocycles. The molecule has 11 aromatic carbocycles. The minimum Gasteiger partial charge on any atom is -0.455 e. The average molecular weight is 737 g/mol. The molecule has 0 saturated carbocycles. The average Bonchev–Trinajstić information content (AvgIpc) is 3.86. The molecule has 0 N–H and O–H groups in total. The van der Waals surface area contributed by atoms with Crippen LogP contribution in [-0.4, -0.2) is 0 Å². The lowest BCUT2D eigenvalue weighted by atomic mass is 9.84. The molecule has 0 fully saturated rings. The predicted molar refractivity (Wildman–Crippen MR) is 245 cm³/mol. The Balaban J connectivity index is 1.02. The Morgan fingerprint density at radius 1 is 0.259 bits per heavy atom. The normalized spacial score (nSPS) is 12.1. The molecule has 58 heavy (non-hydrogen) atoms. The summed E-state index contributed by atoms with van der Waals surface area (Å²) >= 11 is 0. The quantitative estimate of drug-likeness (QED) is 0.169. The molecule has 0 atom stereocenters. The van der Waals surface area contributed by atoms with Crippen LogP contribution in [0, 0.1) is 0 Å². The molecule has 2 nitrogen and oxygen atoms in total. The van der Waals surface area contributed by atoms with Gasteiger partial charge in [0, 0.05) is 21.5 Å². The Hall–Kier alpha value is -7.68. The SMILES string of the molecule is c1ccc2c(-c3c4ccccc4c(-c4ccc5cc(-c6cc7oc8c9ccccc9ccc8c7c7oc8ccccc8c67)ccc5c4)c4ccccc34)cccc2c1. The summed E-state index contributed by atoms with van der Waals surface area (Å²) in [5, 5.41) is 16.5. The smallest absolute Gasteiger partial charge is 0.147 e. The fraction of sp³-hybridized carbons (Fsp3) is 0. The van der Waals surface area contributed by atoms with Crippen molar-refractivity contribution in [2.75, 3.05) is 0 Å². The van der Waals surface area contributed by atoms with E-state index in [9.17, 15) is 0 Å². The van der Waals surface area contributed by atoms with Crippen LogP contribution in [0.4, 0.5) is 0 Å². The van der Waals surface area contributed by atoms with Crippen LogP contribution in [0.25, 0.3) is 131 Å². The second-order valence-corrected chi connectivity index (χ2v) is 15.5. The fourth-order valence-electron chi connectivity index (χ4n) is 9.84. The van der Waals surface area contributed by atoms with E-state index < -0.39 is 0 Å². The topological polar surface area (TPSA) is 26.3 Å². The number of hydrogen-bond donors (Lipinski definition) is 0. The number of fused-ring (bicyclic) bond motifs is 13. The van der Waals surface area contributed by atoms with Gasteiger partial charge in [0.1, 0.15) is 22.3 Å². The second kappa shape index (κ2) is 11.9. The van der Waals surface area contributed by atoms with Crippen LogP contribution < -0.4 is 0 Å². The van der Waals surface area contributed by atoms with Crippen molar-refractivity contribution in [1.29, 1.82) is 0 Å². The van der Waals surface area contributed by atoms with Gasteiger partial charge in [-0.2, -0.15) is 0 Å². The highest BCUT2D eigenvalue weighted by molar-refractivity contribution is 6.29. The molecule has 0 saturated heterocycles. The third-order valence-electron chi connectivity index (χ3n) is 12.4. The molecule has 0 spiro atoms. The second-order valence-electron chi connectivity index (χ2n) is 15.5. The molecule has 0 unspecified atom stereocenters. The van der Waals surface area contributed by atoms with Crippen molar-refractivity contribution in [2.45, 2.75) is 0 Å². The van der Waals surface area contributed by atoms with E-state index in [-0.39, 0.29) is 0 Å². The zero-order valence-electron chi connectivity index (χ0n) is 31.3. The number of hydrogen-bond acceptors (Lipinski definition) is 2. The minimum atomic E-state index is 0.828. The molecular weight excluding hydrogens is 705 g/mol. The zero-order chi connectivity index (χ0) is 37.9. The molecule has 0 amide bonds. The van der Waals surface area contributed by atoms with Crippen molar-refractivity contribution in [1.82, 2.24) is 0 Å². The number of benzene rings is 11. The van der Waals surface area contributed by atoms with Crippen LogP contribution in [0.15, 0.2) is 203 Å². The van der Waals surface area contributed by atoms with E-state index in [1.165, 1.54) is 65.3 Å². The maximum absolute atomic E-state index is 6.75. The summed E-state index contributed by atoms with van der Waals surface area (Å²) in [4.78, 5) is 0. The fourth-order valence-corrected chi connectivity index (χ4v) is 9.84. The van der Waals surface area contributed by atoms with Crippen LogP contribution in [0.2, 0.25) is 0 Å². The van der Waals surface area contributed by atoms with Gasteiger partial charge in [-0.3, -0.25) is 0 Å². The van der Waals surface area contributed by atoms with Crippen LogP contribution in [0.5, 0.6) is 0 Å². The summed E-state index contributed by atoms with van der Waals surface area (Å²) in [7, 11) is 0. The maximum Gasteiger partial charge on any atom is 0.147 e. The number of rotatable bonds is 3. The van der Waals surface area contributed by atoms with E-state index in [0.717, 1.165) is 65.8 Å². The standard InChI is InChI=1S/C56H32O2/c1-3-15-39-33(12-1)14-11-22-41(39)52-44-19-7-5-17-42(44)51(43-18-6-8-20-45(43)52)38-27-25-35-30-37(26-24-36(35)31-38)48-32-50-54(56-53(48)46-21-9-10-23-49(46)57-56)47-29-28-34-13-2-4-16-40(34)55(47)58-50/h1-32H. The van der Waals surface area contributed by atoms with Crippen molar-refractivity contribution in [3.8, 4) is 33.4 Å². The van der Waals surface area contributed by atoms with Gasteiger partial charge in [-0.15, -0.1) is 0 Å². The van der Waals surface area contributed by atoms with E-state index in [2.05, 4.69) is 188 Å². The lowest BCUT2D eigenvalue weighted by Gasteiger charge is -2.19. The molecule has 2 heterocycles. The van der Waals surface area contributed by atoms with Crippen molar-refractivity contribution >= 4 is 97.7 Å². The first-order valence-corrected chi connectivity index (χ1v) is 19.9. The molecule has 13 aromatic rings. The predicted octanol–water partition coefficient (Wildman–Crippen LogP) is 16.3. The molecule has 2 heteroatoms. The third-order valence-corrected chi connectivity index (χ3v) is 12.4. The van der Waals surface area contributed by atoms with Crippen molar-refractivity contribution in [3.05, 3.63) is 194 Å². The highest BCUT2D eigenvalue weighted by Crippen LogP contribution is 2.48. The Labute approximate surface area is 332 Å². The van der Waals surface area contributed by atoms with Crippen molar-refractivity contribution < 1.29 is 8.83 Å². The third kappa shape index (κ3) is 4.43. The van der Waals surface area contributed by atoms with Gasteiger partial charge in [0.05, 0.1) is 5.39 Å². The monoisotopic (exact) mass is 736 g/mol. The van der Waals surface area contributed by atoms with Gasteiger partial charge in [-0.25, -0.2) is 0 Å². The highest BCUT2D eigenvalue weighted by Gasteiger charge is 2.22. The molecule has 13 rings (SSSR count). The summed E-state index contributed by atoms with van der Waals surface area (Å²) in [6.45, 7) is 0. The van der Waals surface area contributed by atoms with Crippen LogP contribution in [-0.2, 0) is 0 Å². The first-order chi connectivity index (χ1) is 28.8. The number of para-hydroxylation sites is 1. The van der Waals surface area contributed by atoms with E-state index >= 15 is 0 Å². The largest absolute Gasteiger partial charge is 0.455 e. The molecule has 0 bridgehead atoms. The summed E-state index contributed by atoms with van der Waals surface area (Å²) in [5.41, 5.74) is 10.7. The Kier molecular flexibility index (Phi) is 6.47. The van der Waals surface area contributed by atoms with Crippen LogP contribution >= 0.6 is 0 Å². The Morgan fingerprint density at radius 3 is 1.53 bits per heavy atom. The van der Waals surface area contributed by atoms with E-state index in [1.807, 2.05) is 6.07 Å². The Bertz CT molecular complexity index is 3800. The van der Waals surface area contributed by atoms with Gasteiger partial charge < -0.3 is 8.83 Å².